The molecule has 0 saturated carbocycles. The molecule has 1 aliphatic rings. The highest BCUT2D eigenvalue weighted by Crippen LogP contribution is 2.32. The van der Waals surface area contributed by atoms with Crippen LogP contribution in [-0.2, 0) is 4.74 Å². The van der Waals surface area contributed by atoms with Gasteiger partial charge in [0.25, 0.3) is 0 Å². The molecule has 1 aromatic heterocycles. The average Bonchev–Trinajstić information content (AvgIpc) is 2.82. The highest BCUT2D eigenvalue weighted by atomic mass is 16.5. The Hall–Kier alpha value is -1.13. The molecule has 0 radical (unpaired) electrons. The van der Waals surface area contributed by atoms with Crippen molar-refractivity contribution in [3.05, 3.63) is 24.0 Å². The lowest BCUT2D eigenvalue weighted by Crippen LogP contribution is -2.33. The Labute approximate surface area is 109 Å². The molecule has 1 saturated heterocycles. The van der Waals surface area contributed by atoms with Gasteiger partial charge in [-0.3, -0.25) is 4.98 Å². The van der Waals surface area contributed by atoms with E-state index in [0.717, 1.165) is 30.8 Å². The zero-order valence-corrected chi connectivity index (χ0v) is 11.3. The quantitative estimate of drug-likeness (QED) is 0.871. The second-order valence-corrected chi connectivity index (χ2v) is 4.69. The van der Waals surface area contributed by atoms with E-state index in [-0.39, 0.29) is 12.1 Å². The average molecular weight is 250 g/mol. The topological polar surface area (TPSA) is 43.4 Å². The summed E-state index contributed by atoms with van der Waals surface area (Å²) < 4.78 is 11.4. The van der Waals surface area contributed by atoms with Crippen LogP contribution in [0.3, 0.4) is 0 Å². The molecule has 1 N–H and O–H groups in total. The molecule has 0 aromatic carbocycles. The maximum absolute atomic E-state index is 5.97. The molecule has 3 atom stereocenters. The third-order valence-corrected chi connectivity index (χ3v) is 3.37. The van der Waals surface area contributed by atoms with Crippen molar-refractivity contribution in [2.24, 2.45) is 0 Å². The molecule has 0 spiro atoms. The third-order valence-electron chi connectivity index (χ3n) is 3.37. The van der Waals surface area contributed by atoms with Gasteiger partial charge < -0.3 is 14.8 Å². The van der Waals surface area contributed by atoms with Gasteiger partial charge >= 0.3 is 0 Å². The standard InChI is InChI=1S/C14H22N2O2/c1-4-15-14(12-8-7-10(2)18-12)13-11(17-3)6-5-9-16-13/h5-6,9-10,12,14-15H,4,7-8H2,1-3H3. The molecule has 2 heterocycles. The van der Waals surface area contributed by atoms with E-state index in [1.165, 1.54) is 0 Å². The van der Waals surface area contributed by atoms with E-state index < -0.39 is 0 Å². The van der Waals surface area contributed by atoms with E-state index in [1.54, 1.807) is 13.3 Å². The maximum atomic E-state index is 5.97. The summed E-state index contributed by atoms with van der Waals surface area (Å²) in [6, 6.07) is 3.95. The zero-order valence-electron chi connectivity index (χ0n) is 11.3. The van der Waals surface area contributed by atoms with Crippen molar-refractivity contribution in [1.29, 1.82) is 0 Å². The van der Waals surface area contributed by atoms with Crippen LogP contribution in [0.5, 0.6) is 5.75 Å². The molecular formula is C14H22N2O2. The second kappa shape index (κ2) is 6.16. The summed E-state index contributed by atoms with van der Waals surface area (Å²) in [4.78, 5) is 4.47. The molecule has 18 heavy (non-hydrogen) atoms. The van der Waals surface area contributed by atoms with Crippen molar-refractivity contribution in [2.45, 2.75) is 44.9 Å². The molecule has 0 bridgehead atoms. The minimum Gasteiger partial charge on any atom is -0.495 e. The molecular weight excluding hydrogens is 228 g/mol. The third kappa shape index (κ3) is 2.82. The fourth-order valence-corrected chi connectivity index (χ4v) is 2.51. The summed E-state index contributed by atoms with van der Waals surface area (Å²) in [6.45, 7) is 5.11. The lowest BCUT2D eigenvalue weighted by molar-refractivity contribution is 0.0304. The summed E-state index contributed by atoms with van der Waals surface area (Å²) in [6.07, 6.45) is 4.51. The van der Waals surface area contributed by atoms with Gasteiger partial charge in [0.05, 0.1) is 25.4 Å². The molecule has 1 fully saturated rings. The lowest BCUT2D eigenvalue weighted by atomic mass is 10.0. The number of methoxy groups -OCH3 is 1. The Morgan fingerprint density at radius 1 is 1.56 bits per heavy atom. The maximum Gasteiger partial charge on any atom is 0.142 e. The minimum atomic E-state index is 0.108. The summed E-state index contributed by atoms with van der Waals surface area (Å²) in [7, 11) is 1.68. The predicted molar refractivity (Wildman–Crippen MR) is 70.8 cm³/mol. The van der Waals surface area contributed by atoms with Crippen molar-refractivity contribution < 1.29 is 9.47 Å². The van der Waals surface area contributed by atoms with Crippen LogP contribution in [-0.4, -0.2) is 30.8 Å². The van der Waals surface area contributed by atoms with Gasteiger partial charge in [-0.2, -0.15) is 0 Å². The Morgan fingerprint density at radius 2 is 2.39 bits per heavy atom. The van der Waals surface area contributed by atoms with E-state index in [2.05, 4.69) is 24.1 Å². The number of hydrogen-bond donors (Lipinski definition) is 1. The number of nitrogens with one attached hydrogen (secondary N) is 1. The van der Waals surface area contributed by atoms with E-state index in [0.29, 0.717) is 6.10 Å². The number of rotatable bonds is 5. The van der Waals surface area contributed by atoms with E-state index in [1.807, 2.05) is 12.1 Å². The smallest absolute Gasteiger partial charge is 0.142 e. The first-order valence-electron chi connectivity index (χ1n) is 6.64. The summed E-state index contributed by atoms with van der Waals surface area (Å²) in [5, 5.41) is 3.47. The molecule has 2 rings (SSSR count). The van der Waals surface area contributed by atoms with Crippen LogP contribution in [0.25, 0.3) is 0 Å². The first-order valence-corrected chi connectivity index (χ1v) is 6.64. The second-order valence-electron chi connectivity index (χ2n) is 4.69. The van der Waals surface area contributed by atoms with Crippen LogP contribution in [0, 0.1) is 0 Å². The fraction of sp³-hybridized carbons (Fsp3) is 0.643. The van der Waals surface area contributed by atoms with Gasteiger partial charge in [0.1, 0.15) is 11.4 Å². The molecule has 4 nitrogen and oxygen atoms in total. The first kappa shape index (κ1) is 13.3. The van der Waals surface area contributed by atoms with Crippen molar-refractivity contribution in [3.8, 4) is 5.75 Å². The minimum absolute atomic E-state index is 0.108. The van der Waals surface area contributed by atoms with E-state index in [9.17, 15) is 0 Å². The SMILES string of the molecule is CCNC(c1ncccc1OC)C1CCC(C)O1. The predicted octanol–water partition coefficient (Wildman–Crippen LogP) is 2.31. The monoisotopic (exact) mass is 250 g/mol. The Morgan fingerprint density at radius 3 is 3.00 bits per heavy atom. The van der Waals surface area contributed by atoms with Crippen molar-refractivity contribution in [2.75, 3.05) is 13.7 Å². The first-order chi connectivity index (χ1) is 8.76. The van der Waals surface area contributed by atoms with E-state index >= 15 is 0 Å². The van der Waals surface area contributed by atoms with Gasteiger partial charge in [0.15, 0.2) is 0 Å². The summed E-state index contributed by atoms with van der Waals surface area (Å²) >= 11 is 0. The fourth-order valence-electron chi connectivity index (χ4n) is 2.51. The van der Waals surface area contributed by atoms with Crippen LogP contribution in [0.15, 0.2) is 18.3 Å². The van der Waals surface area contributed by atoms with Crippen LogP contribution in [0.2, 0.25) is 0 Å². The Bertz CT molecular complexity index is 384. The highest BCUT2D eigenvalue weighted by molar-refractivity contribution is 5.30. The molecule has 1 aromatic rings. The number of aromatic nitrogens is 1. The van der Waals surface area contributed by atoms with Crippen molar-refractivity contribution in [1.82, 2.24) is 10.3 Å². The summed E-state index contributed by atoms with van der Waals surface area (Å²) in [5.41, 5.74) is 0.945. The molecule has 0 amide bonds. The number of ether oxygens (including phenoxy) is 2. The van der Waals surface area contributed by atoms with Gasteiger partial charge in [-0.1, -0.05) is 6.92 Å². The van der Waals surface area contributed by atoms with Gasteiger partial charge in [-0.25, -0.2) is 0 Å². The van der Waals surface area contributed by atoms with Crippen LogP contribution in [0.1, 0.15) is 38.4 Å². The van der Waals surface area contributed by atoms with Gasteiger partial charge in [-0.15, -0.1) is 0 Å². The van der Waals surface area contributed by atoms with Crippen LogP contribution < -0.4 is 10.1 Å². The number of nitrogens with zero attached hydrogens (tertiary/aromatic N) is 1. The largest absolute Gasteiger partial charge is 0.495 e. The van der Waals surface area contributed by atoms with E-state index in [4.69, 9.17) is 9.47 Å². The molecule has 100 valence electrons. The lowest BCUT2D eigenvalue weighted by Gasteiger charge is -2.25. The number of likely N-dealkylation sites (N-methyl/N-ethyl adjacent to an activating group) is 1. The normalized spacial score (nSPS) is 25.1. The molecule has 3 unspecified atom stereocenters. The molecule has 4 heteroatoms. The zero-order chi connectivity index (χ0) is 13.0. The number of hydrogen-bond acceptors (Lipinski definition) is 4. The van der Waals surface area contributed by atoms with Crippen LogP contribution >= 0.6 is 0 Å². The highest BCUT2D eigenvalue weighted by Gasteiger charge is 2.32. The van der Waals surface area contributed by atoms with Gasteiger partial charge in [0, 0.05) is 6.20 Å². The van der Waals surface area contributed by atoms with Gasteiger partial charge in [-0.05, 0) is 38.4 Å². The Balaban J connectivity index is 2.23. The molecule has 0 aliphatic carbocycles. The molecule has 1 aliphatic heterocycles. The Kier molecular flexibility index (Phi) is 4.55. The van der Waals surface area contributed by atoms with Gasteiger partial charge in [0.2, 0.25) is 0 Å². The van der Waals surface area contributed by atoms with Crippen molar-refractivity contribution in [3.63, 3.8) is 0 Å². The van der Waals surface area contributed by atoms with Crippen molar-refractivity contribution >= 4 is 0 Å². The number of pyridine rings is 1. The summed E-state index contributed by atoms with van der Waals surface area (Å²) in [5.74, 6) is 0.826. The van der Waals surface area contributed by atoms with Crippen LogP contribution in [0.4, 0.5) is 0 Å².